The maximum atomic E-state index is 12.3. The highest BCUT2D eigenvalue weighted by molar-refractivity contribution is 7.14. The Morgan fingerprint density at radius 1 is 1.19 bits per heavy atom. The first-order chi connectivity index (χ1) is 12.5. The van der Waals surface area contributed by atoms with E-state index in [0.717, 1.165) is 11.3 Å². The molecule has 0 atom stereocenters. The van der Waals surface area contributed by atoms with Gasteiger partial charge in [-0.15, -0.1) is 11.3 Å². The van der Waals surface area contributed by atoms with E-state index in [9.17, 15) is 9.59 Å². The lowest BCUT2D eigenvalue weighted by Gasteiger charge is -2.02. The first-order valence-corrected chi connectivity index (χ1v) is 8.36. The molecule has 0 aliphatic rings. The van der Waals surface area contributed by atoms with Crippen molar-refractivity contribution in [1.82, 2.24) is 5.43 Å². The van der Waals surface area contributed by atoms with Gasteiger partial charge in [-0.25, -0.2) is 5.43 Å². The lowest BCUT2D eigenvalue weighted by molar-refractivity contribution is -0.115. The Balaban J connectivity index is 2.06. The molecule has 0 aliphatic carbocycles. The van der Waals surface area contributed by atoms with Crippen molar-refractivity contribution in [3.05, 3.63) is 46.8 Å². The van der Waals surface area contributed by atoms with Crippen molar-refractivity contribution in [2.45, 2.75) is 6.92 Å². The van der Waals surface area contributed by atoms with Crippen LogP contribution in [0.1, 0.15) is 18.1 Å². The molecule has 2 amide bonds. The van der Waals surface area contributed by atoms with Crippen LogP contribution in [-0.4, -0.2) is 38.0 Å². The van der Waals surface area contributed by atoms with E-state index >= 15 is 0 Å². The van der Waals surface area contributed by atoms with Gasteiger partial charge in [0.15, 0.2) is 5.71 Å². The molecular formula is C17H18N4O4S. The van der Waals surface area contributed by atoms with Crippen molar-refractivity contribution in [3.8, 4) is 5.75 Å². The number of hydrogen-bond donors (Lipinski definition) is 2. The van der Waals surface area contributed by atoms with E-state index in [1.54, 1.807) is 42.8 Å². The second kappa shape index (κ2) is 9.33. The van der Waals surface area contributed by atoms with Crippen molar-refractivity contribution >= 4 is 40.1 Å². The van der Waals surface area contributed by atoms with Gasteiger partial charge in [0, 0.05) is 17.9 Å². The molecule has 2 aromatic rings. The highest BCUT2D eigenvalue weighted by atomic mass is 32.1. The molecular weight excluding hydrogens is 356 g/mol. The lowest BCUT2D eigenvalue weighted by Crippen LogP contribution is -2.28. The first kappa shape index (κ1) is 19.1. The number of hydrogen-bond acceptors (Lipinski definition) is 7. The van der Waals surface area contributed by atoms with Gasteiger partial charge in [-0.2, -0.15) is 5.10 Å². The molecule has 1 aromatic carbocycles. The zero-order valence-electron chi connectivity index (χ0n) is 14.5. The van der Waals surface area contributed by atoms with E-state index in [1.165, 1.54) is 31.6 Å². The number of rotatable bonds is 7. The summed E-state index contributed by atoms with van der Waals surface area (Å²) in [7, 11) is 2.93. The Hall–Kier alpha value is -3.20. The van der Waals surface area contributed by atoms with Crippen molar-refractivity contribution in [1.29, 1.82) is 0 Å². The Labute approximate surface area is 154 Å². The summed E-state index contributed by atoms with van der Waals surface area (Å²) in [5, 5.41) is 12.6. The zero-order chi connectivity index (χ0) is 18.9. The number of carbonyl (C=O) groups is 2. The summed E-state index contributed by atoms with van der Waals surface area (Å²) in [6.45, 7) is 1.41. The fourth-order valence-corrected chi connectivity index (χ4v) is 2.76. The highest BCUT2D eigenvalue weighted by Gasteiger charge is 2.17. The largest absolute Gasteiger partial charge is 0.497 e. The van der Waals surface area contributed by atoms with E-state index in [4.69, 9.17) is 9.57 Å². The van der Waals surface area contributed by atoms with Crippen LogP contribution in [-0.2, 0) is 14.4 Å². The van der Waals surface area contributed by atoms with Crippen LogP contribution < -0.4 is 15.5 Å². The van der Waals surface area contributed by atoms with Gasteiger partial charge in [0.1, 0.15) is 12.9 Å². The SMILES string of the molecule is CO/N=C(\C(=O)N/N=C\c1ccc(OC)cc1)c1csc(NC(C)=O)c1. The van der Waals surface area contributed by atoms with Crippen LogP contribution in [0.3, 0.4) is 0 Å². The average Bonchev–Trinajstić information content (AvgIpc) is 3.07. The molecule has 26 heavy (non-hydrogen) atoms. The number of oxime groups is 1. The van der Waals surface area contributed by atoms with Crippen LogP contribution in [0.15, 0.2) is 46.0 Å². The molecule has 136 valence electrons. The summed E-state index contributed by atoms with van der Waals surface area (Å²) in [6, 6.07) is 8.82. The highest BCUT2D eigenvalue weighted by Crippen LogP contribution is 2.21. The smallest absolute Gasteiger partial charge is 0.294 e. The van der Waals surface area contributed by atoms with E-state index < -0.39 is 5.91 Å². The Morgan fingerprint density at radius 2 is 1.92 bits per heavy atom. The molecule has 0 saturated carbocycles. The summed E-state index contributed by atoms with van der Waals surface area (Å²) in [4.78, 5) is 28.2. The maximum absolute atomic E-state index is 12.3. The molecule has 0 bridgehead atoms. The summed E-state index contributed by atoms with van der Waals surface area (Å²) >= 11 is 1.28. The van der Waals surface area contributed by atoms with Gasteiger partial charge in [0.2, 0.25) is 5.91 Å². The minimum Gasteiger partial charge on any atom is -0.497 e. The van der Waals surface area contributed by atoms with E-state index in [0.29, 0.717) is 10.6 Å². The van der Waals surface area contributed by atoms with E-state index in [1.807, 2.05) is 0 Å². The third-order valence-electron chi connectivity index (χ3n) is 3.07. The number of carbonyl (C=O) groups excluding carboxylic acids is 2. The van der Waals surface area contributed by atoms with Gasteiger partial charge in [-0.05, 0) is 35.9 Å². The van der Waals surface area contributed by atoms with Crippen molar-refractivity contribution in [2.24, 2.45) is 10.3 Å². The summed E-state index contributed by atoms with van der Waals surface area (Å²) < 4.78 is 5.08. The number of ether oxygens (including phenoxy) is 1. The van der Waals surface area contributed by atoms with Crippen LogP contribution in [0.2, 0.25) is 0 Å². The number of nitrogens with one attached hydrogen (secondary N) is 2. The second-order valence-electron chi connectivity index (χ2n) is 4.98. The van der Waals surface area contributed by atoms with E-state index in [2.05, 4.69) is 21.0 Å². The number of benzene rings is 1. The van der Waals surface area contributed by atoms with Crippen molar-refractivity contribution < 1.29 is 19.2 Å². The fourth-order valence-electron chi connectivity index (χ4n) is 1.92. The predicted octanol–water partition coefficient (Wildman–Crippen LogP) is 2.22. The van der Waals surface area contributed by atoms with Gasteiger partial charge >= 0.3 is 0 Å². The second-order valence-corrected chi connectivity index (χ2v) is 5.89. The van der Waals surface area contributed by atoms with Crippen molar-refractivity contribution in [3.63, 3.8) is 0 Å². The summed E-state index contributed by atoms with van der Waals surface area (Å²) in [5.41, 5.74) is 3.75. The van der Waals surface area contributed by atoms with E-state index in [-0.39, 0.29) is 11.6 Å². The number of thiophene rings is 1. The number of amides is 2. The standard InChI is InChI=1S/C17H18N4O4S/c1-11(22)19-15-8-13(10-26-15)16(21-25-3)17(23)20-18-9-12-4-6-14(24-2)7-5-12/h4-10H,1-3H3,(H,19,22)(H,20,23)/b18-9-,21-16-. The summed E-state index contributed by atoms with van der Waals surface area (Å²) in [5.74, 6) is -0.00547. The van der Waals surface area contributed by atoms with Crippen LogP contribution >= 0.6 is 11.3 Å². The molecule has 0 spiro atoms. The molecule has 9 heteroatoms. The third kappa shape index (κ3) is 5.42. The molecule has 0 radical (unpaired) electrons. The molecule has 0 unspecified atom stereocenters. The normalized spacial score (nSPS) is 11.3. The van der Waals surface area contributed by atoms with Gasteiger partial charge in [0.05, 0.1) is 18.3 Å². The lowest BCUT2D eigenvalue weighted by atomic mass is 10.2. The van der Waals surface area contributed by atoms with Crippen LogP contribution in [0.25, 0.3) is 0 Å². The minimum atomic E-state index is -0.538. The third-order valence-corrected chi connectivity index (χ3v) is 3.91. The zero-order valence-corrected chi connectivity index (χ0v) is 15.3. The molecule has 0 fully saturated rings. The van der Waals surface area contributed by atoms with Gasteiger partial charge in [0.25, 0.3) is 5.91 Å². The summed E-state index contributed by atoms with van der Waals surface area (Å²) in [6.07, 6.45) is 1.50. The number of hydrazone groups is 1. The predicted molar refractivity (Wildman–Crippen MR) is 101 cm³/mol. The number of methoxy groups -OCH3 is 1. The quantitative estimate of drug-likeness (QED) is 0.573. The molecule has 1 aromatic heterocycles. The molecule has 1 heterocycles. The van der Waals surface area contributed by atoms with Crippen LogP contribution in [0.5, 0.6) is 5.75 Å². The Kier molecular flexibility index (Phi) is 6.86. The molecule has 0 aliphatic heterocycles. The molecule has 2 rings (SSSR count). The van der Waals surface area contributed by atoms with Crippen LogP contribution in [0.4, 0.5) is 5.00 Å². The number of nitrogens with zero attached hydrogens (tertiary/aromatic N) is 2. The van der Waals surface area contributed by atoms with Gasteiger partial charge in [-0.1, -0.05) is 5.16 Å². The Morgan fingerprint density at radius 3 is 2.54 bits per heavy atom. The first-order valence-electron chi connectivity index (χ1n) is 7.48. The average molecular weight is 374 g/mol. The Bertz CT molecular complexity index is 828. The molecule has 2 N–H and O–H groups in total. The van der Waals surface area contributed by atoms with Crippen molar-refractivity contribution in [2.75, 3.05) is 19.5 Å². The van der Waals surface area contributed by atoms with Gasteiger partial charge < -0.3 is 14.9 Å². The minimum absolute atomic E-state index is 0.0484. The molecule has 0 saturated heterocycles. The maximum Gasteiger partial charge on any atom is 0.294 e. The van der Waals surface area contributed by atoms with Crippen LogP contribution in [0, 0.1) is 0 Å². The monoisotopic (exact) mass is 374 g/mol. The van der Waals surface area contributed by atoms with Gasteiger partial charge in [-0.3, -0.25) is 9.59 Å². The topological polar surface area (TPSA) is 101 Å². The fraction of sp³-hybridized carbons (Fsp3) is 0.176. The number of anilines is 1. The molecule has 8 nitrogen and oxygen atoms in total.